The third-order valence-corrected chi connectivity index (χ3v) is 7.81. The van der Waals surface area contributed by atoms with Crippen LogP contribution in [0.4, 0.5) is 0 Å². The van der Waals surface area contributed by atoms with Gasteiger partial charge in [-0.1, -0.05) is 27.2 Å². The van der Waals surface area contributed by atoms with E-state index in [-0.39, 0.29) is 5.41 Å². The Morgan fingerprint density at radius 2 is 1.94 bits per heavy atom. The normalized spacial score (nSPS) is 70.5. The Hall–Kier alpha value is -0.0400. The minimum absolute atomic E-state index is 0.223. The van der Waals surface area contributed by atoms with Crippen LogP contribution in [0.1, 0.15) is 52.9 Å². The van der Waals surface area contributed by atoms with Crippen LogP contribution in [0, 0.1) is 33.5 Å². The lowest BCUT2D eigenvalue weighted by Gasteiger charge is -2.56. The van der Waals surface area contributed by atoms with E-state index in [1.54, 1.807) is 0 Å². The van der Waals surface area contributed by atoms with Crippen LogP contribution >= 0.6 is 0 Å². The second-order valence-electron chi connectivity index (χ2n) is 8.04. The molecule has 6 atom stereocenters. The fourth-order valence-electron chi connectivity index (χ4n) is 7.11. The first-order valence-electron chi connectivity index (χ1n) is 7.05. The maximum atomic E-state index is 9.92. The average molecular weight is 220 g/mol. The highest BCUT2D eigenvalue weighted by molar-refractivity contribution is 5.36. The van der Waals surface area contributed by atoms with Gasteiger partial charge in [0.15, 0.2) is 0 Å². The van der Waals surface area contributed by atoms with Crippen LogP contribution in [0.15, 0.2) is 0 Å². The molecule has 5 fully saturated rings. The van der Waals surface area contributed by atoms with Crippen LogP contribution in [-0.4, -0.2) is 11.7 Å². The van der Waals surface area contributed by atoms with Gasteiger partial charge in [0.25, 0.3) is 0 Å². The number of aliphatic hydroxyl groups is 1. The quantitative estimate of drug-likeness (QED) is 0.719. The van der Waals surface area contributed by atoms with Gasteiger partial charge in [-0.25, -0.2) is 0 Å². The van der Waals surface area contributed by atoms with Crippen molar-refractivity contribution in [3.8, 4) is 0 Å². The van der Waals surface area contributed by atoms with Gasteiger partial charge < -0.3 is 5.11 Å². The molecule has 6 unspecified atom stereocenters. The van der Waals surface area contributed by atoms with Gasteiger partial charge in [0.05, 0.1) is 0 Å². The summed E-state index contributed by atoms with van der Waals surface area (Å²) in [5.74, 6) is 2.02. The van der Waals surface area contributed by atoms with E-state index in [9.17, 15) is 5.11 Å². The molecular weight excluding hydrogens is 196 g/mol. The molecule has 0 aliphatic heterocycles. The molecule has 5 aliphatic rings. The Morgan fingerprint density at radius 3 is 2.50 bits per heavy atom. The molecule has 0 saturated heterocycles. The summed E-state index contributed by atoms with van der Waals surface area (Å²) in [5.41, 5.74) is 1.97. The summed E-state index contributed by atoms with van der Waals surface area (Å²) in [7, 11) is 0. The van der Waals surface area contributed by atoms with Crippen molar-refractivity contribution in [2.45, 2.75) is 52.9 Å². The first kappa shape index (κ1) is 9.94. The molecule has 0 aromatic carbocycles. The molecule has 1 spiro atoms. The van der Waals surface area contributed by atoms with Crippen LogP contribution in [0.3, 0.4) is 0 Å². The van der Waals surface area contributed by atoms with Crippen molar-refractivity contribution in [2.75, 3.05) is 6.61 Å². The van der Waals surface area contributed by atoms with Gasteiger partial charge in [-0.2, -0.15) is 0 Å². The minimum atomic E-state index is 0.223. The summed E-state index contributed by atoms with van der Waals surface area (Å²) in [6.45, 7) is 7.88. The lowest BCUT2D eigenvalue weighted by Crippen LogP contribution is -2.51. The smallest absolute Gasteiger partial charge is 0.0490 e. The molecule has 0 amide bonds. The number of hydrogen-bond acceptors (Lipinski definition) is 1. The predicted octanol–water partition coefficient (Wildman–Crippen LogP) is 3.22. The highest BCUT2D eigenvalue weighted by Gasteiger charge is 2.88. The molecule has 1 N–H and O–H groups in total. The topological polar surface area (TPSA) is 20.2 Å². The van der Waals surface area contributed by atoms with E-state index in [0.717, 1.165) is 11.8 Å². The second kappa shape index (κ2) is 2.25. The molecule has 5 rings (SSSR count). The largest absolute Gasteiger partial charge is 0.396 e. The Kier molecular flexibility index (Phi) is 1.40. The molecule has 5 saturated carbocycles. The molecule has 1 heteroatoms. The predicted molar refractivity (Wildman–Crippen MR) is 63.9 cm³/mol. The van der Waals surface area contributed by atoms with Gasteiger partial charge in [0.2, 0.25) is 0 Å². The SMILES string of the molecule is CC12CC34CC1C2C3(C)CCCC4(C)CO. The van der Waals surface area contributed by atoms with Gasteiger partial charge >= 0.3 is 0 Å². The fourth-order valence-corrected chi connectivity index (χ4v) is 7.11. The third-order valence-electron chi connectivity index (χ3n) is 7.81. The standard InChI is InChI=1S/C15H24O/c1-12(9-16)5-4-6-14(3)11-10-7-15(12,14)8-13(10,11)2/h10-11,16H,4-9H2,1-3H3. The summed E-state index contributed by atoms with van der Waals surface area (Å²) in [6, 6.07) is 0. The van der Waals surface area contributed by atoms with E-state index in [1.165, 1.54) is 32.1 Å². The first-order chi connectivity index (χ1) is 7.44. The molecule has 5 aliphatic carbocycles. The van der Waals surface area contributed by atoms with E-state index in [4.69, 9.17) is 0 Å². The summed E-state index contributed by atoms with van der Waals surface area (Å²) in [6.07, 6.45) is 6.88. The maximum Gasteiger partial charge on any atom is 0.0490 e. The molecule has 0 aromatic rings. The van der Waals surface area contributed by atoms with Crippen molar-refractivity contribution >= 4 is 0 Å². The summed E-state index contributed by atoms with van der Waals surface area (Å²) < 4.78 is 0. The fraction of sp³-hybridized carbons (Fsp3) is 1.00. The van der Waals surface area contributed by atoms with Crippen LogP contribution < -0.4 is 0 Å². The lowest BCUT2D eigenvalue weighted by atomic mass is 9.48. The molecule has 0 aromatic heterocycles. The van der Waals surface area contributed by atoms with Gasteiger partial charge in [-0.15, -0.1) is 0 Å². The highest BCUT2D eigenvalue weighted by atomic mass is 16.3. The first-order valence-corrected chi connectivity index (χ1v) is 7.05. The molecule has 1 nitrogen and oxygen atoms in total. The van der Waals surface area contributed by atoms with Crippen LogP contribution in [0.2, 0.25) is 0 Å². The number of aliphatic hydroxyl groups excluding tert-OH is 1. The van der Waals surface area contributed by atoms with Gasteiger partial charge in [0, 0.05) is 6.61 Å². The van der Waals surface area contributed by atoms with E-state index in [2.05, 4.69) is 20.8 Å². The summed E-state index contributed by atoms with van der Waals surface area (Å²) in [5, 5.41) is 9.92. The van der Waals surface area contributed by atoms with E-state index >= 15 is 0 Å². The lowest BCUT2D eigenvalue weighted by molar-refractivity contribution is -0.105. The van der Waals surface area contributed by atoms with Gasteiger partial charge in [0.1, 0.15) is 0 Å². The van der Waals surface area contributed by atoms with Crippen LogP contribution in [0.5, 0.6) is 0 Å². The Balaban J connectivity index is 1.90. The average Bonchev–Trinajstić information content (AvgIpc) is 2.54. The van der Waals surface area contributed by atoms with Gasteiger partial charge in [-0.3, -0.25) is 0 Å². The zero-order valence-electron chi connectivity index (χ0n) is 10.8. The highest BCUT2D eigenvalue weighted by Crippen LogP contribution is 2.94. The van der Waals surface area contributed by atoms with Gasteiger partial charge in [-0.05, 0) is 59.2 Å². The molecule has 16 heavy (non-hydrogen) atoms. The molecule has 4 bridgehead atoms. The second-order valence-corrected chi connectivity index (χ2v) is 8.04. The minimum Gasteiger partial charge on any atom is -0.396 e. The zero-order chi connectivity index (χ0) is 11.4. The van der Waals surface area contributed by atoms with Crippen molar-refractivity contribution in [2.24, 2.45) is 33.5 Å². The van der Waals surface area contributed by atoms with Crippen molar-refractivity contribution < 1.29 is 5.11 Å². The Labute approximate surface area is 98.6 Å². The molecular formula is C15H24O. The van der Waals surface area contributed by atoms with E-state index < -0.39 is 0 Å². The maximum absolute atomic E-state index is 9.92. The molecule has 0 radical (unpaired) electrons. The van der Waals surface area contributed by atoms with Crippen molar-refractivity contribution in [3.63, 3.8) is 0 Å². The molecule has 0 heterocycles. The van der Waals surface area contributed by atoms with Crippen molar-refractivity contribution in [3.05, 3.63) is 0 Å². The third kappa shape index (κ3) is 0.652. The Bertz CT molecular complexity index is 378. The van der Waals surface area contributed by atoms with Crippen molar-refractivity contribution in [1.82, 2.24) is 0 Å². The van der Waals surface area contributed by atoms with E-state index in [1.807, 2.05) is 0 Å². The Morgan fingerprint density at radius 1 is 1.19 bits per heavy atom. The number of rotatable bonds is 1. The summed E-state index contributed by atoms with van der Waals surface area (Å²) in [4.78, 5) is 0. The number of hydrogen-bond donors (Lipinski definition) is 1. The van der Waals surface area contributed by atoms with E-state index in [0.29, 0.717) is 22.9 Å². The van der Waals surface area contributed by atoms with Crippen molar-refractivity contribution in [1.29, 1.82) is 0 Å². The summed E-state index contributed by atoms with van der Waals surface area (Å²) >= 11 is 0. The zero-order valence-corrected chi connectivity index (χ0v) is 10.8. The van der Waals surface area contributed by atoms with Crippen LogP contribution in [0.25, 0.3) is 0 Å². The molecule has 90 valence electrons. The monoisotopic (exact) mass is 220 g/mol. The van der Waals surface area contributed by atoms with Crippen LogP contribution in [-0.2, 0) is 0 Å².